The maximum absolute atomic E-state index is 11.2. The highest BCUT2D eigenvalue weighted by Crippen LogP contribution is 2.20. The maximum atomic E-state index is 11.2. The van der Waals surface area contributed by atoms with Crippen molar-refractivity contribution in [1.82, 2.24) is 14.5 Å². The first-order valence-electron chi connectivity index (χ1n) is 3.35. The molecule has 2 aromatic rings. The van der Waals surface area contributed by atoms with Gasteiger partial charge in [0.15, 0.2) is 10.1 Å². The smallest absolute Gasteiger partial charge is 0.280 e. The molecule has 68 valence electrons. The summed E-state index contributed by atoms with van der Waals surface area (Å²) in [6.07, 6.45) is 0. The fourth-order valence-corrected chi connectivity index (χ4v) is 2.03. The highest BCUT2D eigenvalue weighted by Gasteiger charge is 2.09. The lowest BCUT2D eigenvalue weighted by atomic mass is 10.6. The number of nitrogens with one attached hydrogen (secondary N) is 1. The van der Waals surface area contributed by atoms with E-state index in [4.69, 9.17) is 11.6 Å². The average Bonchev–Trinajstić information content (AvgIpc) is 2.44. The van der Waals surface area contributed by atoms with E-state index >= 15 is 0 Å². The van der Waals surface area contributed by atoms with Gasteiger partial charge in [-0.25, -0.2) is 9.78 Å². The molecule has 0 aliphatic rings. The quantitative estimate of drug-likeness (QED) is 0.692. The minimum absolute atomic E-state index is 0.252. The summed E-state index contributed by atoms with van der Waals surface area (Å²) in [5.41, 5.74) is -0.606. The van der Waals surface area contributed by atoms with Crippen molar-refractivity contribution in [2.75, 3.05) is 0 Å². The topological polar surface area (TPSA) is 67.8 Å². The zero-order valence-electron chi connectivity index (χ0n) is 6.50. The molecular formula is C6H4ClN3O2S. The zero-order valence-corrected chi connectivity index (χ0v) is 8.07. The lowest BCUT2D eigenvalue weighted by Gasteiger charge is -1.94. The van der Waals surface area contributed by atoms with Crippen LogP contribution in [0.15, 0.2) is 9.59 Å². The highest BCUT2D eigenvalue weighted by atomic mass is 35.5. The predicted molar refractivity (Wildman–Crippen MR) is 50.5 cm³/mol. The van der Waals surface area contributed by atoms with E-state index in [1.54, 1.807) is 0 Å². The van der Waals surface area contributed by atoms with Crippen LogP contribution in [-0.4, -0.2) is 14.5 Å². The summed E-state index contributed by atoms with van der Waals surface area (Å²) in [5.74, 6) is 0. The monoisotopic (exact) mass is 217 g/mol. The van der Waals surface area contributed by atoms with Gasteiger partial charge in [-0.1, -0.05) is 22.9 Å². The minimum Gasteiger partial charge on any atom is -0.280 e. The molecule has 0 fully saturated rings. The third-order valence-electron chi connectivity index (χ3n) is 1.63. The van der Waals surface area contributed by atoms with Gasteiger partial charge >= 0.3 is 5.69 Å². The van der Waals surface area contributed by atoms with Crippen molar-refractivity contribution >= 4 is 33.3 Å². The van der Waals surface area contributed by atoms with Crippen LogP contribution in [0, 0.1) is 0 Å². The van der Waals surface area contributed by atoms with Gasteiger partial charge in [-0.15, -0.1) is 0 Å². The molecule has 0 aliphatic carbocycles. The second-order valence-corrected chi connectivity index (χ2v) is 4.02. The second-order valence-electron chi connectivity index (χ2n) is 2.44. The number of hydrogen-bond acceptors (Lipinski definition) is 4. The highest BCUT2D eigenvalue weighted by molar-refractivity contribution is 7.21. The molecule has 0 spiro atoms. The van der Waals surface area contributed by atoms with Crippen molar-refractivity contribution in [3.8, 4) is 0 Å². The lowest BCUT2D eigenvalue weighted by Crippen LogP contribution is -2.27. The summed E-state index contributed by atoms with van der Waals surface area (Å²) in [7, 11) is 1.52. The number of rotatable bonds is 0. The van der Waals surface area contributed by atoms with E-state index in [0.717, 1.165) is 11.3 Å². The van der Waals surface area contributed by atoms with Crippen LogP contribution in [0.25, 0.3) is 10.3 Å². The zero-order chi connectivity index (χ0) is 9.59. The van der Waals surface area contributed by atoms with Gasteiger partial charge in [0.2, 0.25) is 0 Å². The van der Waals surface area contributed by atoms with E-state index in [1.807, 2.05) is 0 Å². The first-order chi connectivity index (χ1) is 6.09. The number of nitrogens with zero attached hydrogens (tertiary/aromatic N) is 2. The number of aryl methyl sites for hydroxylation is 1. The number of thiazole rings is 1. The van der Waals surface area contributed by atoms with Crippen LogP contribution in [0.1, 0.15) is 0 Å². The van der Waals surface area contributed by atoms with Crippen molar-refractivity contribution in [2.45, 2.75) is 0 Å². The Morgan fingerprint density at radius 3 is 2.92 bits per heavy atom. The molecule has 1 N–H and O–H groups in total. The largest absolute Gasteiger partial charge is 0.329 e. The summed E-state index contributed by atoms with van der Waals surface area (Å²) < 4.78 is 1.87. The summed E-state index contributed by atoms with van der Waals surface area (Å²) in [6, 6.07) is 0. The van der Waals surface area contributed by atoms with Gasteiger partial charge in [-0.3, -0.25) is 14.3 Å². The molecule has 0 radical (unpaired) electrons. The minimum atomic E-state index is -0.487. The van der Waals surface area contributed by atoms with E-state index in [-0.39, 0.29) is 4.47 Å². The summed E-state index contributed by atoms with van der Waals surface area (Å²) in [6.45, 7) is 0. The first-order valence-corrected chi connectivity index (χ1v) is 4.54. The maximum Gasteiger partial charge on any atom is 0.329 e. The normalized spacial score (nSPS) is 10.9. The Morgan fingerprint density at radius 1 is 1.54 bits per heavy atom. The number of fused-ring (bicyclic) bond motifs is 1. The molecule has 13 heavy (non-hydrogen) atoms. The number of H-pyrrole nitrogens is 1. The van der Waals surface area contributed by atoms with Gasteiger partial charge in [-0.2, -0.15) is 0 Å². The SMILES string of the molecule is Cn1c(=O)[nH]c(=O)c2sc(Cl)nc21. The Kier molecular flexibility index (Phi) is 1.74. The van der Waals surface area contributed by atoms with Crippen LogP contribution in [0.5, 0.6) is 0 Å². The number of aromatic amines is 1. The predicted octanol–water partition coefficient (Wildman–Crippen LogP) is 0.337. The molecule has 0 amide bonds. The molecule has 0 atom stereocenters. The van der Waals surface area contributed by atoms with Gasteiger partial charge < -0.3 is 0 Å². The van der Waals surface area contributed by atoms with Crippen LogP contribution in [0.3, 0.4) is 0 Å². The van der Waals surface area contributed by atoms with Crippen LogP contribution >= 0.6 is 22.9 Å². The fourth-order valence-electron chi connectivity index (χ4n) is 0.996. The van der Waals surface area contributed by atoms with Crippen molar-refractivity contribution in [3.63, 3.8) is 0 Å². The molecule has 2 heterocycles. The Balaban J connectivity index is 3.13. The molecule has 7 heteroatoms. The van der Waals surface area contributed by atoms with E-state index in [2.05, 4.69) is 9.97 Å². The van der Waals surface area contributed by atoms with Crippen LogP contribution < -0.4 is 11.2 Å². The second kappa shape index (κ2) is 2.68. The van der Waals surface area contributed by atoms with Crippen LogP contribution in [0.2, 0.25) is 4.47 Å². The summed E-state index contributed by atoms with van der Waals surface area (Å²) in [5, 5.41) is 0. The number of halogens is 1. The summed E-state index contributed by atoms with van der Waals surface area (Å²) in [4.78, 5) is 28.3. The summed E-state index contributed by atoms with van der Waals surface area (Å²) >= 11 is 6.67. The van der Waals surface area contributed by atoms with E-state index in [1.165, 1.54) is 11.6 Å². The van der Waals surface area contributed by atoms with Crippen LogP contribution in [-0.2, 0) is 7.05 Å². The van der Waals surface area contributed by atoms with Crippen molar-refractivity contribution in [2.24, 2.45) is 7.05 Å². The molecule has 2 rings (SSSR count). The molecule has 0 bridgehead atoms. The number of aromatic nitrogens is 3. The average molecular weight is 218 g/mol. The molecule has 5 nitrogen and oxygen atoms in total. The molecule has 0 saturated carbocycles. The molecule has 0 aromatic carbocycles. The standard InChI is InChI=1S/C6H4ClN3O2S/c1-10-3-2(13-5(7)8-3)4(11)9-6(10)12/h1H3,(H,9,11,12). The lowest BCUT2D eigenvalue weighted by molar-refractivity contribution is 0.833. The Labute approximate surface area is 80.6 Å². The van der Waals surface area contributed by atoms with Crippen molar-refractivity contribution < 1.29 is 0 Å². The van der Waals surface area contributed by atoms with Crippen LogP contribution in [0.4, 0.5) is 0 Å². The molecule has 0 saturated heterocycles. The van der Waals surface area contributed by atoms with E-state index in [0.29, 0.717) is 10.3 Å². The Morgan fingerprint density at radius 2 is 2.23 bits per heavy atom. The Bertz CT molecular complexity index is 582. The molecule has 2 aromatic heterocycles. The van der Waals surface area contributed by atoms with Gasteiger partial charge in [0.1, 0.15) is 4.70 Å². The van der Waals surface area contributed by atoms with Gasteiger partial charge in [0.25, 0.3) is 5.56 Å². The third kappa shape index (κ3) is 1.18. The van der Waals surface area contributed by atoms with Crippen molar-refractivity contribution in [3.05, 3.63) is 25.3 Å². The Hall–Kier alpha value is -1.14. The number of hydrogen-bond donors (Lipinski definition) is 1. The van der Waals surface area contributed by atoms with Gasteiger partial charge in [0, 0.05) is 7.05 Å². The first kappa shape index (κ1) is 8.46. The van der Waals surface area contributed by atoms with Crippen molar-refractivity contribution in [1.29, 1.82) is 0 Å². The third-order valence-corrected chi connectivity index (χ3v) is 2.78. The molecular weight excluding hydrogens is 214 g/mol. The molecule has 0 aliphatic heterocycles. The van der Waals surface area contributed by atoms with Gasteiger partial charge in [-0.05, 0) is 0 Å². The fraction of sp³-hybridized carbons (Fsp3) is 0.167. The van der Waals surface area contributed by atoms with E-state index in [9.17, 15) is 9.59 Å². The molecule has 0 unspecified atom stereocenters. The van der Waals surface area contributed by atoms with Gasteiger partial charge in [0.05, 0.1) is 0 Å². The van der Waals surface area contributed by atoms with E-state index < -0.39 is 11.2 Å².